The predicted molar refractivity (Wildman–Crippen MR) is 69.5 cm³/mol. The summed E-state index contributed by atoms with van der Waals surface area (Å²) < 4.78 is 18.6. The number of carbonyl (C=O) groups excluding carboxylic acids is 1. The molecule has 0 aliphatic carbocycles. The minimum absolute atomic E-state index is 0.0392. The highest BCUT2D eigenvalue weighted by Crippen LogP contribution is 2.24. The summed E-state index contributed by atoms with van der Waals surface area (Å²) in [5.74, 6) is -0.189. The Labute approximate surface area is 109 Å². The minimum atomic E-state index is -0.428. The smallest absolute Gasteiger partial charge is 0.163 e. The predicted octanol–water partition coefficient (Wildman–Crippen LogP) is 3.83. The Kier molecular flexibility index (Phi) is 4.69. The first kappa shape index (κ1) is 14.2. The van der Waals surface area contributed by atoms with Crippen LogP contribution < -0.4 is 4.74 Å². The van der Waals surface area contributed by atoms with Gasteiger partial charge >= 0.3 is 0 Å². The lowest BCUT2D eigenvalue weighted by Gasteiger charge is -2.22. The van der Waals surface area contributed by atoms with Crippen molar-refractivity contribution in [2.24, 2.45) is 5.41 Å². The van der Waals surface area contributed by atoms with Gasteiger partial charge < -0.3 is 4.74 Å². The van der Waals surface area contributed by atoms with E-state index >= 15 is 0 Å². The Balaban J connectivity index is 2.88. The number of ether oxygens (including phenoxy) is 1. The molecule has 0 unspecified atom stereocenters. The molecule has 94 valence electrons. The molecule has 0 spiro atoms. The van der Waals surface area contributed by atoms with Crippen molar-refractivity contribution in [2.75, 3.05) is 11.9 Å². The van der Waals surface area contributed by atoms with Crippen LogP contribution in [0.3, 0.4) is 0 Å². The van der Waals surface area contributed by atoms with Crippen molar-refractivity contribution in [3.63, 3.8) is 0 Å². The number of halogens is 2. The average Bonchev–Trinajstić information content (AvgIpc) is 2.27. The average molecular weight is 303 g/mol. The van der Waals surface area contributed by atoms with Crippen LogP contribution in [0.25, 0.3) is 0 Å². The van der Waals surface area contributed by atoms with Gasteiger partial charge in [-0.1, -0.05) is 29.8 Å². The highest BCUT2D eigenvalue weighted by atomic mass is 79.9. The largest absolute Gasteiger partial charge is 0.492 e. The molecule has 1 rings (SSSR count). The van der Waals surface area contributed by atoms with Gasteiger partial charge in [-0.3, -0.25) is 4.79 Å². The van der Waals surface area contributed by atoms with Crippen molar-refractivity contribution < 1.29 is 13.9 Å². The lowest BCUT2D eigenvalue weighted by molar-refractivity contribution is 0.101. The van der Waals surface area contributed by atoms with E-state index in [9.17, 15) is 9.18 Å². The fraction of sp³-hybridized carbons (Fsp3) is 0.462. The van der Waals surface area contributed by atoms with E-state index in [4.69, 9.17) is 4.74 Å². The Morgan fingerprint density at radius 1 is 1.47 bits per heavy atom. The molecule has 0 aliphatic rings. The number of ketones is 1. The zero-order valence-electron chi connectivity index (χ0n) is 10.2. The molecule has 0 radical (unpaired) electrons. The molecule has 0 aliphatic heterocycles. The molecule has 2 nitrogen and oxygen atoms in total. The molecule has 0 N–H and O–H groups in total. The molecule has 1 aromatic carbocycles. The van der Waals surface area contributed by atoms with Gasteiger partial charge in [-0.05, 0) is 25.1 Å². The van der Waals surface area contributed by atoms with Crippen LogP contribution >= 0.6 is 15.9 Å². The van der Waals surface area contributed by atoms with Crippen molar-refractivity contribution in [3.05, 3.63) is 29.6 Å². The van der Waals surface area contributed by atoms with E-state index in [-0.39, 0.29) is 16.8 Å². The van der Waals surface area contributed by atoms with Crippen molar-refractivity contribution in [1.82, 2.24) is 0 Å². The third-order valence-electron chi connectivity index (χ3n) is 2.30. The first-order valence-electron chi connectivity index (χ1n) is 5.35. The van der Waals surface area contributed by atoms with Crippen molar-refractivity contribution in [1.29, 1.82) is 0 Å². The van der Waals surface area contributed by atoms with Gasteiger partial charge in [0.05, 0.1) is 12.2 Å². The number of Topliss-reactive ketones (excluding diaryl/α,β-unsaturated/α-hetero) is 1. The maximum Gasteiger partial charge on any atom is 0.163 e. The van der Waals surface area contributed by atoms with Crippen LogP contribution in [0.1, 0.15) is 31.1 Å². The molecule has 0 bridgehead atoms. The van der Waals surface area contributed by atoms with Gasteiger partial charge in [-0.15, -0.1) is 0 Å². The second kappa shape index (κ2) is 5.63. The SMILES string of the molecule is CC(=O)c1cc(F)ccc1OCC(C)(C)CBr. The van der Waals surface area contributed by atoms with Gasteiger partial charge in [-0.25, -0.2) is 4.39 Å². The summed E-state index contributed by atoms with van der Waals surface area (Å²) in [6.45, 7) is 5.94. The first-order valence-corrected chi connectivity index (χ1v) is 6.47. The number of benzene rings is 1. The van der Waals surface area contributed by atoms with Crippen molar-refractivity contribution in [2.45, 2.75) is 20.8 Å². The van der Waals surface area contributed by atoms with Crippen molar-refractivity contribution in [3.8, 4) is 5.75 Å². The van der Waals surface area contributed by atoms with Crippen LogP contribution in [0.5, 0.6) is 5.75 Å². The highest BCUT2D eigenvalue weighted by molar-refractivity contribution is 9.09. The molecule has 0 fully saturated rings. The molecule has 0 atom stereocenters. The van der Waals surface area contributed by atoms with E-state index in [2.05, 4.69) is 15.9 Å². The van der Waals surface area contributed by atoms with E-state index in [0.717, 1.165) is 5.33 Å². The second-order valence-corrected chi connectivity index (χ2v) is 5.34. The molecule has 0 saturated carbocycles. The number of carbonyl (C=O) groups is 1. The summed E-state index contributed by atoms with van der Waals surface area (Å²) in [4.78, 5) is 11.4. The fourth-order valence-electron chi connectivity index (χ4n) is 1.21. The van der Waals surface area contributed by atoms with Crippen LogP contribution in [0, 0.1) is 11.2 Å². The minimum Gasteiger partial charge on any atom is -0.492 e. The van der Waals surface area contributed by atoms with E-state index in [1.54, 1.807) is 0 Å². The maximum atomic E-state index is 13.0. The quantitative estimate of drug-likeness (QED) is 0.610. The summed E-state index contributed by atoms with van der Waals surface area (Å²) in [5.41, 5.74) is 0.248. The van der Waals surface area contributed by atoms with Gasteiger partial charge in [0.15, 0.2) is 5.78 Å². The van der Waals surface area contributed by atoms with E-state index < -0.39 is 5.82 Å². The number of alkyl halides is 1. The molecular formula is C13H16BrFO2. The van der Waals surface area contributed by atoms with E-state index in [0.29, 0.717) is 12.4 Å². The lowest BCUT2D eigenvalue weighted by atomic mass is 9.98. The molecular weight excluding hydrogens is 287 g/mol. The zero-order valence-corrected chi connectivity index (χ0v) is 11.8. The van der Waals surface area contributed by atoms with Crippen LogP contribution in [-0.4, -0.2) is 17.7 Å². The van der Waals surface area contributed by atoms with Gasteiger partial charge in [0, 0.05) is 10.7 Å². The number of hydrogen-bond donors (Lipinski definition) is 0. The Hall–Kier alpha value is -0.900. The second-order valence-electron chi connectivity index (χ2n) is 4.78. The summed E-state index contributed by atoms with van der Waals surface area (Å²) in [5, 5.41) is 0.788. The van der Waals surface area contributed by atoms with Crippen LogP contribution in [0.2, 0.25) is 0 Å². The summed E-state index contributed by atoms with van der Waals surface area (Å²) in [6.07, 6.45) is 0. The Morgan fingerprint density at radius 3 is 2.65 bits per heavy atom. The molecule has 1 aromatic rings. The summed E-state index contributed by atoms with van der Waals surface area (Å²) in [6, 6.07) is 4.00. The summed E-state index contributed by atoms with van der Waals surface area (Å²) in [7, 11) is 0. The normalized spacial score (nSPS) is 11.4. The van der Waals surface area contributed by atoms with Crippen LogP contribution in [0.4, 0.5) is 4.39 Å². The van der Waals surface area contributed by atoms with E-state index in [1.807, 2.05) is 13.8 Å². The molecule has 4 heteroatoms. The third kappa shape index (κ3) is 4.11. The van der Waals surface area contributed by atoms with Crippen LogP contribution in [-0.2, 0) is 0 Å². The Bertz CT molecular complexity index is 416. The molecule has 0 heterocycles. The van der Waals surface area contributed by atoms with Gasteiger partial charge in [0.25, 0.3) is 0 Å². The van der Waals surface area contributed by atoms with Crippen molar-refractivity contribution >= 4 is 21.7 Å². The third-order valence-corrected chi connectivity index (χ3v) is 3.82. The van der Waals surface area contributed by atoms with Gasteiger partial charge in [0.1, 0.15) is 11.6 Å². The number of rotatable bonds is 5. The molecule has 0 saturated heterocycles. The summed E-state index contributed by atoms with van der Waals surface area (Å²) >= 11 is 3.40. The highest BCUT2D eigenvalue weighted by Gasteiger charge is 2.18. The van der Waals surface area contributed by atoms with E-state index in [1.165, 1.54) is 25.1 Å². The monoisotopic (exact) mass is 302 g/mol. The first-order chi connectivity index (χ1) is 7.85. The van der Waals surface area contributed by atoms with Gasteiger partial charge in [0.2, 0.25) is 0 Å². The maximum absolute atomic E-state index is 13.0. The molecule has 0 aromatic heterocycles. The lowest BCUT2D eigenvalue weighted by Crippen LogP contribution is -2.23. The van der Waals surface area contributed by atoms with Crippen LogP contribution in [0.15, 0.2) is 18.2 Å². The zero-order chi connectivity index (χ0) is 13.1. The molecule has 0 amide bonds. The molecule has 17 heavy (non-hydrogen) atoms. The Morgan fingerprint density at radius 2 is 2.12 bits per heavy atom. The standard InChI is InChI=1S/C13H16BrFO2/c1-9(16)11-6-10(15)4-5-12(11)17-8-13(2,3)7-14/h4-6H,7-8H2,1-3H3. The van der Waals surface area contributed by atoms with Gasteiger partial charge in [-0.2, -0.15) is 0 Å². The topological polar surface area (TPSA) is 26.3 Å². The number of hydrogen-bond acceptors (Lipinski definition) is 2. The fourth-order valence-corrected chi connectivity index (χ4v) is 1.38.